The van der Waals surface area contributed by atoms with E-state index in [0.29, 0.717) is 71.3 Å². The summed E-state index contributed by atoms with van der Waals surface area (Å²) in [6, 6.07) is 9.93. The van der Waals surface area contributed by atoms with Crippen molar-refractivity contribution in [2.45, 2.75) is 62.9 Å². The summed E-state index contributed by atoms with van der Waals surface area (Å²) < 4.78 is 57.9. The molecule has 240 valence electrons. The van der Waals surface area contributed by atoms with Crippen LogP contribution in [0.2, 0.25) is 0 Å². The first-order valence-electron chi connectivity index (χ1n) is 15.9. The van der Waals surface area contributed by atoms with Gasteiger partial charge in [0.2, 0.25) is 21.8 Å². The highest BCUT2D eigenvalue weighted by atomic mass is 32.2. The van der Waals surface area contributed by atoms with Crippen molar-refractivity contribution in [3.63, 3.8) is 0 Å². The Balaban J connectivity index is 1.29. The number of aromatic nitrogens is 5. The van der Waals surface area contributed by atoms with Crippen molar-refractivity contribution in [3.05, 3.63) is 76.9 Å². The molecule has 0 bridgehead atoms. The zero-order valence-electron chi connectivity index (χ0n) is 25.8. The van der Waals surface area contributed by atoms with Crippen LogP contribution < -0.4 is 0 Å². The number of sulfonamides is 1. The molecule has 0 amide bonds. The Bertz CT molecular complexity index is 2180. The lowest BCUT2D eigenvalue weighted by Crippen LogP contribution is -2.23. The Morgan fingerprint density at radius 1 is 1.11 bits per heavy atom. The second-order valence-corrected chi connectivity index (χ2v) is 14.4. The molecule has 11 nitrogen and oxygen atoms in total. The molecule has 3 aliphatic heterocycles. The molecule has 4 aromatic heterocycles. The SMILES string of the molecule is Cc1nnc(-c2c(CCC3CCOCC3)nc3c(c2-c2cnc4c(ccn4Cc4ccc(C#N)c(F)c4)c2)S(=O)(=O)N2CCCC32)o1. The van der Waals surface area contributed by atoms with Crippen molar-refractivity contribution < 1.29 is 22.0 Å². The first-order valence-corrected chi connectivity index (χ1v) is 17.4. The van der Waals surface area contributed by atoms with Gasteiger partial charge in [0.25, 0.3) is 0 Å². The smallest absolute Gasteiger partial charge is 0.250 e. The van der Waals surface area contributed by atoms with Crippen LogP contribution in [0.5, 0.6) is 0 Å². The summed E-state index contributed by atoms with van der Waals surface area (Å²) in [6.45, 7) is 3.98. The normalized spacial score (nSPS) is 19.2. The maximum atomic E-state index is 14.3. The van der Waals surface area contributed by atoms with Crippen molar-refractivity contribution in [1.82, 2.24) is 29.0 Å². The highest BCUT2D eigenvalue weighted by Crippen LogP contribution is 2.51. The van der Waals surface area contributed by atoms with Crippen LogP contribution in [-0.4, -0.2) is 57.2 Å². The van der Waals surface area contributed by atoms with Gasteiger partial charge in [0.15, 0.2) is 0 Å². The average molecular weight is 654 g/mol. The van der Waals surface area contributed by atoms with Crippen molar-refractivity contribution in [1.29, 1.82) is 5.26 Å². The summed E-state index contributed by atoms with van der Waals surface area (Å²) in [7, 11) is -3.86. The van der Waals surface area contributed by atoms with Gasteiger partial charge in [0.1, 0.15) is 22.4 Å². The van der Waals surface area contributed by atoms with E-state index in [-0.39, 0.29) is 22.4 Å². The van der Waals surface area contributed by atoms with E-state index in [0.717, 1.165) is 50.0 Å². The summed E-state index contributed by atoms with van der Waals surface area (Å²) in [6.07, 6.45) is 8.51. The van der Waals surface area contributed by atoms with Crippen molar-refractivity contribution in [2.75, 3.05) is 19.8 Å². The molecule has 1 aromatic carbocycles. The van der Waals surface area contributed by atoms with Crippen LogP contribution in [0.1, 0.15) is 66.6 Å². The van der Waals surface area contributed by atoms with Crippen LogP contribution in [0.15, 0.2) is 52.0 Å². The fourth-order valence-corrected chi connectivity index (χ4v) is 9.36. The van der Waals surface area contributed by atoms with Gasteiger partial charge in [0, 0.05) is 62.1 Å². The minimum atomic E-state index is -3.86. The molecule has 47 heavy (non-hydrogen) atoms. The Labute approximate surface area is 271 Å². The fraction of sp³-hybridized carbons (Fsp3) is 0.382. The van der Waals surface area contributed by atoms with Gasteiger partial charge < -0.3 is 13.7 Å². The maximum absolute atomic E-state index is 14.3. The number of fused-ring (bicyclic) bond motifs is 4. The summed E-state index contributed by atoms with van der Waals surface area (Å²) >= 11 is 0. The Kier molecular flexibility index (Phi) is 7.39. The van der Waals surface area contributed by atoms with Crippen LogP contribution in [0.4, 0.5) is 4.39 Å². The van der Waals surface area contributed by atoms with E-state index >= 15 is 0 Å². The van der Waals surface area contributed by atoms with E-state index in [1.165, 1.54) is 12.1 Å². The van der Waals surface area contributed by atoms with Gasteiger partial charge >= 0.3 is 0 Å². The van der Waals surface area contributed by atoms with Crippen LogP contribution in [-0.2, 0) is 27.7 Å². The highest BCUT2D eigenvalue weighted by Gasteiger charge is 2.49. The van der Waals surface area contributed by atoms with E-state index in [1.807, 2.05) is 29.0 Å². The maximum Gasteiger partial charge on any atom is 0.250 e. The van der Waals surface area contributed by atoms with Gasteiger partial charge in [-0.2, -0.15) is 9.57 Å². The minimum absolute atomic E-state index is 0.00597. The van der Waals surface area contributed by atoms with E-state index in [1.54, 1.807) is 23.5 Å². The number of ether oxygens (including phenoxy) is 1. The molecule has 0 saturated carbocycles. The first-order chi connectivity index (χ1) is 22.8. The molecule has 1 unspecified atom stereocenters. The first kappa shape index (κ1) is 29.9. The molecule has 0 spiro atoms. The number of aryl methyl sites for hydroxylation is 2. The highest BCUT2D eigenvalue weighted by molar-refractivity contribution is 7.89. The number of nitrogens with zero attached hydrogens (tertiary/aromatic N) is 7. The summed E-state index contributed by atoms with van der Waals surface area (Å²) in [5.41, 5.74) is 4.31. The molecule has 8 rings (SSSR count). The third-order valence-electron chi connectivity index (χ3n) is 9.61. The van der Waals surface area contributed by atoms with Crippen molar-refractivity contribution >= 4 is 21.1 Å². The van der Waals surface area contributed by atoms with Crippen molar-refractivity contribution in [2.24, 2.45) is 5.92 Å². The van der Waals surface area contributed by atoms with Crippen LogP contribution in [0.3, 0.4) is 0 Å². The predicted octanol–water partition coefficient (Wildman–Crippen LogP) is 5.71. The molecule has 1 atom stereocenters. The standard InChI is InChI=1S/C34H32FN7O4S/c1-20-39-40-34(46-20)30-27(7-5-21-9-13-45-14-10-21)38-31-28-3-2-11-42(28)47(43,44)32(31)29(30)25-16-23-8-12-41(33(23)37-18-25)19-22-4-6-24(17-36)26(35)15-22/h4,6,8,12,15-16,18,21,28H,2-3,5,7,9-11,13-14,19H2,1H3. The summed E-state index contributed by atoms with van der Waals surface area (Å²) in [5, 5.41) is 18.4. The second-order valence-electron chi connectivity index (χ2n) is 12.5. The Morgan fingerprint density at radius 2 is 1.96 bits per heavy atom. The van der Waals surface area contributed by atoms with Gasteiger partial charge in [-0.1, -0.05) is 6.07 Å². The molecule has 13 heteroatoms. The second kappa shape index (κ2) is 11.6. The monoisotopic (exact) mass is 653 g/mol. The topological polar surface area (TPSA) is 140 Å². The van der Waals surface area contributed by atoms with Crippen molar-refractivity contribution in [3.8, 4) is 28.7 Å². The molecule has 0 aliphatic carbocycles. The molecular formula is C34H32FN7O4S. The molecule has 3 aliphatic rings. The summed E-state index contributed by atoms with van der Waals surface area (Å²) in [5.74, 6) is 0.516. The number of rotatable bonds is 7. The quantitative estimate of drug-likeness (QED) is 0.216. The largest absolute Gasteiger partial charge is 0.421 e. The zero-order chi connectivity index (χ0) is 32.3. The predicted molar refractivity (Wildman–Crippen MR) is 169 cm³/mol. The lowest BCUT2D eigenvalue weighted by molar-refractivity contribution is 0.0639. The molecule has 2 saturated heterocycles. The molecule has 5 aromatic rings. The Hall–Kier alpha value is -4.51. The molecular weight excluding hydrogens is 621 g/mol. The molecule has 0 N–H and O–H groups in total. The lowest BCUT2D eigenvalue weighted by atomic mass is 9.90. The van der Waals surface area contributed by atoms with E-state index < -0.39 is 15.8 Å². The van der Waals surface area contributed by atoms with Crippen LogP contribution in [0.25, 0.3) is 33.6 Å². The van der Waals surface area contributed by atoms with Gasteiger partial charge in [-0.15, -0.1) is 10.2 Å². The number of halogens is 1. The van der Waals surface area contributed by atoms with Gasteiger partial charge in [-0.3, -0.25) is 4.98 Å². The van der Waals surface area contributed by atoms with Crippen LogP contribution >= 0.6 is 0 Å². The van der Waals surface area contributed by atoms with E-state index in [9.17, 15) is 12.8 Å². The third kappa shape index (κ3) is 5.11. The number of benzene rings is 1. The lowest BCUT2D eigenvalue weighted by Gasteiger charge is -2.23. The number of hydrogen-bond donors (Lipinski definition) is 0. The third-order valence-corrected chi connectivity index (χ3v) is 11.6. The molecule has 0 radical (unpaired) electrons. The Morgan fingerprint density at radius 3 is 2.72 bits per heavy atom. The van der Waals surface area contributed by atoms with E-state index in [4.69, 9.17) is 24.4 Å². The van der Waals surface area contributed by atoms with E-state index in [2.05, 4.69) is 10.2 Å². The number of nitriles is 1. The van der Waals surface area contributed by atoms with Gasteiger partial charge in [-0.25, -0.2) is 17.8 Å². The zero-order valence-corrected chi connectivity index (χ0v) is 26.6. The summed E-state index contributed by atoms with van der Waals surface area (Å²) in [4.78, 5) is 10.1. The minimum Gasteiger partial charge on any atom is -0.421 e. The van der Waals surface area contributed by atoms with Gasteiger partial charge in [-0.05, 0) is 74.3 Å². The molecule has 2 fully saturated rings. The number of pyridine rings is 2. The molecule has 7 heterocycles. The fourth-order valence-electron chi connectivity index (χ4n) is 7.29. The number of hydrogen-bond acceptors (Lipinski definition) is 9. The van der Waals surface area contributed by atoms with Gasteiger partial charge in [0.05, 0.1) is 28.6 Å². The van der Waals surface area contributed by atoms with Crippen LogP contribution in [0, 0.1) is 30.0 Å². The average Bonchev–Trinajstić information content (AvgIpc) is 3.86.